The summed E-state index contributed by atoms with van der Waals surface area (Å²) in [4.78, 5) is 23.8. The van der Waals surface area contributed by atoms with Gasteiger partial charge in [-0.05, 0) is 12.8 Å². The zero-order valence-electron chi connectivity index (χ0n) is 18.9. The van der Waals surface area contributed by atoms with Gasteiger partial charge in [0.05, 0.1) is 11.4 Å². The lowest BCUT2D eigenvalue weighted by Gasteiger charge is -2.06. The smallest absolute Gasteiger partial charge is 0.265 e. The van der Waals surface area contributed by atoms with Crippen molar-refractivity contribution in [1.82, 2.24) is 9.97 Å². The summed E-state index contributed by atoms with van der Waals surface area (Å²) in [6, 6.07) is 19.4. The second kappa shape index (κ2) is 9.28. The lowest BCUT2D eigenvalue weighted by molar-refractivity contribution is -0.112. The van der Waals surface area contributed by atoms with E-state index < -0.39 is 0 Å². The van der Waals surface area contributed by atoms with Crippen LogP contribution in [0.25, 0.3) is 11.3 Å². The maximum Gasteiger partial charge on any atom is 0.303 e. The first-order chi connectivity index (χ1) is 16.5. The highest BCUT2D eigenvalue weighted by Gasteiger charge is 2.36. The summed E-state index contributed by atoms with van der Waals surface area (Å²) in [7, 11) is 0. The molecule has 4 aromatic rings. The Kier molecular flexibility index (Phi) is 6.04. The number of amides is 1. The minimum atomic E-state index is -0.335. The molecule has 0 bridgehead atoms. The maximum absolute atomic E-state index is 13.4. The van der Waals surface area contributed by atoms with Crippen LogP contribution in [0.3, 0.4) is 0 Å². The van der Waals surface area contributed by atoms with E-state index >= 15 is 0 Å². The fraction of sp³-hybridized carbons (Fsp3) is 0.160. The first kappa shape index (κ1) is 22.1. The van der Waals surface area contributed by atoms with Crippen LogP contribution in [0.4, 0.5) is 10.3 Å². The van der Waals surface area contributed by atoms with Gasteiger partial charge in [0.2, 0.25) is 10.3 Å². The van der Waals surface area contributed by atoms with Crippen molar-refractivity contribution in [2.45, 2.75) is 26.7 Å². The molecule has 0 radical (unpaired) electrons. The van der Waals surface area contributed by atoms with E-state index in [1.807, 2.05) is 73.0 Å². The fourth-order valence-corrected chi connectivity index (χ4v) is 5.31. The summed E-state index contributed by atoms with van der Waals surface area (Å²) in [6.45, 7) is 6.25. The quantitative estimate of drug-likeness (QED) is 0.343. The normalized spacial score (nSPS) is 14.8. The SMILES string of the molecule is Cc1nc(N/N=C2\C(=O)N(c3nc(-c4ccccc4)cs3)N=C2c2ccccc2)sc1C(C)C. The summed E-state index contributed by atoms with van der Waals surface area (Å²) in [5, 5.41) is 13.5. The number of hydrazone groups is 2. The van der Waals surface area contributed by atoms with Gasteiger partial charge in [-0.1, -0.05) is 85.8 Å². The van der Waals surface area contributed by atoms with Crippen LogP contribution < -0.4 is 10.4 Å². The number of anilines is 2. The highest BCUT2D eigenvalue weighted by atomic mass is 32.1. The molecule has 1 aliphatic heterocycles. The Bertz CT molecular complexity index is 1390. The minimum absolute atomic E-state index is 0.224. The van der Waals surface area contributed by atoms with Gasteiger partial charge < -0.3 is 0 Å². The molecule has 170 valence electrons. The van der Waals surface area contributed by atoms with Crippen molar-refractivity contribution >= 4 is 50.3 Å². The molecule has 5 rings (SSSR count). The van der Waals surface area contributed by atoms with Gasteiger partial charge in [-0.3, -0.25) is 10.2 Å². The van der Waals surface area contributed by atoms with E-state index in [1.165, 1.54) is 21.2 Å². The highest BCUT2D eigenvalue weighted by molar-refractivity contribution is 7.15. The molecule has 1 aliphatic rings. The molecule has 1 N–H and O–H groups in total. The zero-order valence-corrected chi connectivity index (χ0v) is 20.5. The molecule has 3 heterocycles. The number of rotatable bonds is 6. The molecule has 7 nitrogen and oxygen atoms in total. The van der Waals surface area contributed by atoms with E-state index in [0.29, 0.717) is 21.9 Å². The minimum Gasteiger partial charge on any atom is -0.265 e. The Morgan fingerprint density at radius 2 is 1.65 bits per heavy atom. The Morgan fingerprint density at radius 1 is 0.971 bits per heavy atom. The third-order valence-electron chi connectivity index (χ3n) is 5.23. The summed E-state index contributed by atoms with van der Waals surface area (Å²) >= 11 is 2.91. The van der Waals surface area contributed by atoms with Gasteiger partial charge >= 0.3 is 5.91 Å². The van der Waals surface area contributed by atoms with E-state index in [9.17, 15) is 4.79 Å². The van der Waals surface area contributed by atoms with Crippen LogP contribution in [0.1, 0.15) is 35.9 Å². The highest BCUT2D eigenvalue weighted by Crippen LogP contribution is 2.31. The summed E-state index contributed by atoms with van der Waals surface area (Å²) in [5.74, 6) is 0.0344. The van der Waals surface area contributed by atoms with Crippen LogP contribution in [0.2, 0.25) is 0 Å². The number of nitrogens with zero attached hydrogens (tertiary/aromatic N) is 5. The molecule has 2 aromatic carbocycles. The fourth-order valence-electron chi connectivity index (χ4n) is 3.61. The Hall–Kier alpha value is -3.69. The molecule has 0 atom stereocenters. The van der Waals surface area contributed by atoms with Crippen LogP contribution in [-0.4, -0.2) is 27.3 Å². The molecular weight excluding hydrogens is 464 g/mol. The number of thiazole rings is 2. The average Bonchev–Trinajstić information content (AvgIpc) is 3.56. The van der Waals surface area contributed by atoms with Crippen LogP contribution in [-0.2, 0) is 4.79 Å². The molecule has 0 saturated carbocycles. The number of aryl methyl sites for hydroxylation is 1. The molecule has 1 amide bonds. The van der Waals surface area contributed by atoms with Gasteiger partial charge in [0.25, 0.3) is 0 Å². The van der Waals surface area contributed by atoms with Crippen molar-refractivity contribution < 1.29 is 4.79 Å². The van der Waals surface area contributed by atoms with Gasteiger partial charge in [0.1, 0.15) is 5.71 Å². The topological polar surface area (TPSA) is 82.8 Å². The average molecular weight is 487 g/mol. The molecule has 2 aromatic heterocycles. The summed E-state index contributed by atoms with van der Waals surface area (Å²) in [6.07, 6.45) is 0. The molecule has 9 heteroatoms. The zero-order chi connectivity index (χ0) is 23.7. The number of carbonyl (C=O) groups is 1. The van der Waals surface area contributed by atoms with Gasteiger partial charge in [-0.25, -0.2) is 9.97 Å². The number of carbonyl (C=O) groups excluding carboxylic acids is 1. The van der Waals surface area contributed by atoms with Gasteiger partial charge in [-0.2, -0.15) is 15.2 Å². The summed E-state index contributed by atoms with van der Waals surface area (Å²) < 4.78 is 0. The van der Waals surface area contributed by atoms with Crippen molar-refractivity contribution in [2.24, 2.45) is 10.2 Å². The van der Waals surface area contributed by atoms with Gasteiger partial charge in [0, 0.05) is 21.4 Å². The van der Waals surface area contributed by atoms with E-state index in [-0.39, 0.29) is 11.6 Å². The first-order valence-corrected chi connectivity index (χ1v) is 12.5. The monoisotopic (exact) mass is 486 g/mol. The van der Waals surface area contributed by atoms with Gasteiger partial charge in [0.15, 0.2) is 5.71 Å². The number of aromatic nitrogens is 2. The Labute approximate surface area is 205 Å². The van der Waals surface area contributed by atoms with Crippen molar-refractivity contribution in [3.63, 3.8) is 0 Å². The predicted molar refractivity (Wildman–Crippen MR) is 140 cm³/mol. The molecule has 0 saturated heterocycles. The van der Waals surface area contributed by atoms with E-state index in [1.54, 1.807) is 11.3 Å². The van der Waals surface area contributed by atoms with Crippen molar-refractivity contribution in [1.29, 1.82) is 0 Å². The molecule has 0 fully saturated rings. The van der Waals surface area contributed by atoms with E-state index in [4.69, 9.17) is 0 Å². The third kappa shape index (κ3) is 4.27. The lowest BCUT2D eigenvalue weighted by Crippen LogP contribution is -2.28. The maximum atomic E-state index is 13.4. The molecule has 0 unspecified atom stereocenters. The predicted octanol–water partition coefficient (Wildman–Crippen LogP) is 5.92. The standard InChI is InChI=1S/C25H22N6OS2/c1-15(2)22-16(3)26-24(34-22)29-28-21-20(18-12-8-5-9-13-18)30-31(23(21)32)25-27-19(14-33-25)17-10-6-4-7-11-17/h4-15H,1-3H3,(H,26,29)/b28-21-. The number of nitrogens with one attached hydrogen (secondary N) is 1. The van der Waals surface area contributed by atoms with Crippen molar-refractivity contribution in [2.75, 3.05) is 10.4 Å². The Balaban J connectivity index is 1.49. The first-order valence-electron chi connectivity index (χ1n) is 10.8. The number of hydrogen-bond acceptors (Lipinski definition) is 8. The second-order valence-electron chi connectivity index (χ2n) is 8.01. The summed E-state index contributed by atoms with van der Waals surface area (Å²) in [5.41, 5.74) is 7.26. The second-order valence-corrected chi connectivity index (χ2v) is 9.88. The largest absolute Gasteiger partial charge is 0.303 e. The molecular formula is C25H22N6OS2. The number of hydrogen-bond donors (Lipinski definition) is 1. The van der Waals surface area contributed by atoms with E-state index in [0.717, 1.165) is 22.5 Å². The van der Waals surface area contributed by atoms with Crippen molar-refractivity contribution in [3.05, 3.63) is 82.2 Å². The molecule has 0 spiro atoms. The molecule has 0 aliphatic carbocycles. The van der Waals surface area contributed by atoms with Crippen LogP contribution >= 0.6 is 22.7 Å². The third-order valence-corrected chi connectivity index (χ3v) is 7.41. The van der Waals surface area contributed by atoms with Crippen LogP contribution in [0.5, 0.6) is 0 Å². The van der Waals surface area contributed by atoms with Crippen LogP contribution in [0, 0.1) is 6.92 Å². The molecule has 34 heavy (non-hydrogen) atoms. The van der Waals surface area contributed by atoms with Gasteiger partial charge in [-0.15, -0.1) is 11.3 Å². The number of benzene rings is 2. The van der Waals surface area contributed by atoms with Crippen molar-refractivity contribution in [3.8, 4) is 11.3 Å². The van der Waals surface area contributed by atoms with E-state index in [2.05, 4.69) is 39.4 Å². The van der Waals surface area contributed by atoms with Crippen LogP contribution in [0.15, 0.2) is 76.2 Å². The Morgan fingerprint density at radius 3 is 2.29 bits per heavy atom. The lowest BCUT2D eigenvalue weighted by atomic mass is 10.1.